The monoisotopic (exact) mass is 492 g/mol. The highest BCUT2D eigenvalue weighted by Gasteiger charge is 2.31. The molecule has 11 nitrogen and oxygen atoms in total. The number of nitrogens with one attached hydrogen (secondary N) is 1. The van der Waals surface area contributed by atoms with Crippen LogP contribution in [0.15, 0.2) is 42.9 Å². The van der Waals surface area contributed by atoms with E-state index in [1.54, 1.807) is 15.8 Å². The van der Waals surface area contributed by atoms with E-state index in [2.05, 4.69) is 20.1 Å². The van der Waals surface area contributed by atoms with Crippen molar-refractivity contribution in [3.63, 3.8) is 0 Å². The number of aliphatic hydroxyl groups excluding tert-OH is 1. The molecule has 1 aliphatic heterocycles. The molecule has 190 valence electrons. The highest BCUT2D eigenvalue weighted by atomic mass is 16.5. The van der Waals surface area contributed by atoms with Gasteiger partial charge in [0.1, 0.15) is 12.1 Å². The summed E-state index contributed by atoms with van der Waals surface area (Å²) < 4.78 is 10.7. The number of rotatable bonds is 8. The normalized spacial score (nSPS) is 16.3. The van der Waals surface area contributed by atoms with Crippen LogP contribution in [0, 0.1) is 0 Å². The number of aliphatic hydroxyl groups is 1. The highest BCUT2D eigenvalue weighted by molar-refractivity contribution is 5.95. The van der Waals surface area contributed by atoms with Crippen LogP contribution < -0.4 is 10.2 Å². The second kappa shape index (κ2) is 10.1. The largest absolute Gasteiger partial charge is 0.452 e. The van der Waals surface area contributed by atoms with E-state index in [-0.39, 0.29) is 12.1 Å². The summed E-state index contributed by atoms with van der Waals surface area (Å²) in [6.07, 6.45) is 6.69. The maximum absolute atomic E-state index is 12.5. The number of carbonyl (C=O) groups excluding carboxylic acids is 1. The predicted molar refractivity (Wildman–Crippen MR) is 134 cm³/mol. The highest BCUT2D eigenvalue weighted by Crippen LogP contribution is 2.36. The number of fused-ring (bicyclic) bond motifs is 3. The summed E-state index contributed by atoms with van der Waals surface area (Å²) in [7, 11) is 3.27. The zero-order valence-corrected chi connectivity index (χ0v) is 20.8. The second-order valence-corrected chi connectivity index (χ2v) is 9.19. The molecule has 1 aliphatic rings. The molecule has 4 aromatic rings. The van der Waals surface area contributed by atoms with Gasteiger partial charge in [0, 0.05) is 56.8 Å². The molecule has 2 atom stereocenters. The summed E-state index contributed by atoms with van der Waals surface area (Å²) in [5, 5.41) is 22.7. The molecule has 0 spiro atoms. The molecule has 1 amide bonds. The molecule has 0 radical (unpaired) electrons. The Bertz CT molecular complexity index is 1340. The number of aryl methyl sites for hydroxylation is 4. The van der Waals surface area contributed by atoms with Gasteiger partial charge in [-0.25, -0.2) is 9.78 Å². The Morgan fingerprint density at radius 2 is 2.17 bits per heavy atom. The Morgan fingerprint density at radius 1 is 1.31 bits per heavy atom. The number of hydrogen-bond acceptors (Lipinski definition) is 7. The van der Waals surface area contributed by atoms with Crippen LogP contribution in [0.4, 0.5) is 10.5 Å². The number of amides is 1. The van der Waals surface area contributed by atoms with E-state index in [4.69, 9.17) is 9.72 Å². The van der Waals surface area contributed by atoms with Crippen LogP contribution in [-0.2, 0) is 44.3 Å². The molecule has 0 fully saturated rings. The zero-order valence-electron chi connectivity index (χ0n) is 20.8. The smallest absolute Gasteiger partial charge is 0.414 e. The molecule has 1 unspecified atom stereocenters. The Hall–Kier alpha value is -3.70. The predicted octanol–water partition coefficient (Wildman–Crippen LogP) is 2.22. The van der Waals surface area contributed by atoms with E-state index in [1.165, 1.54) is 7.11 Å². The zero-order chi connectivity index (χ0) is 25.2. The van der Waals surface area contributed by atoms with Gasteiger partial charge in [-0.2, -0.15) is 10.2 Å². The van der Waals surface area contributed by atoms with Crippen molar-refractivity contribution in [3.8, 4) is 0 Å². The van der Waals surface area contributed by atoms with Crippen molar-refractivity contribution in [1.82, 2.24) is 34.4 Å². The number of ether oxygens (including phenoxy) is 1. The third-order valence-corrected chi connectivity index (χ3v) is 6.73. The van der Waals surface area contributed by atoms with Crippen LogP contribution in [0.3, 0.4) is 0 Å². The Balaban J connectivity index is 1.47. The number of aromatic nitrogens is 6. The SMILES string of the molecule is COC(=O)N1c2ccc3c(nc(CCn4cccn4)n3CC(O)NCc3ccn(C)n3)c2CC[C@@H]1C. The number of imidazole rings is 1. The van der Waals surface area contributed by atoms with Gasteiger partial charge < -0.3 is 14.4 Å². The first-order valence-electron chi connectivity index (χ1n) is 12.2. The van der Waals surface area contributed by atoms with Crippen molar-refractivity contribution in [3.05, 3.63) is 59.9 Å². The average molecular weight is 493 g/mol. The minimum absolute atomic E-state index is 0.0430. The fourth-order valence-electron chi connectivity index (χ4n) is 4.91. The minimum Gasteiger partial charge on any atom is -0.452 e. The molecule has 36 heavy (non-hydrogen) atoms. The number of carbonyl (C=O) groups is 1. The summed E-state index contributed by atoms with van der Waals surface area (Å²) in [5.74, 6) is 0.857. The summed E-state index contributed by atoms with van der Waals surface area (Å²) in [4.78, 5) is 19.3. The Labute approximate surface area is 209 Å². The van der Waals surface area contributed by atoms with E-state index in [0.717, 1.165) is 46.6 Å². The number of methoxy groups -OCH3 is 1. The van der Waals surface area contributed by atoms with Crippen LogP contribution >= 0.6 is 0 Å². The molecular formula is C25H32N8O3. The molecule has 0 aliphatic carbocycles. The second-order valence-electron chi connectivity index (χ2n) is 9.19. The number of hydrogen-bond donors (Lipinski definition) is 2. The van der Waals surface area contributed by atoms with Crippen LogP contribution in [0.2, 0.25) is 0 Å². The van der Waals surface area contributed by atoms with Crippen molar-refractivity contribution in [2.45, 2.75) is 58.1 Å². The standard InChI is InChI=1S/C25H32N8O3/c1-17-5-6-19-20(33(17)25(35)36-3)7-8-21-24(19)28-22(10-14-31-12-4-11-27-31)32(21)16-23(34)26-15-18-9-13-30(2)29-18/h4,7-9,11-13,17,23,26,34H,5-6,10,14-16H2,1-3H3/t17-,23?/m0/s1. The minimum atomic E-state index is -0.796. The number of benzene rings is 1. The third-order valence-electron chi connectivity index (χ3n) is 6.73. The van der Waals surface area contributed by atoms with Gasteiger partial charge in [0.2, 0.25) is 0 Å². The molecule has 2 N–H and O–H groups in total. The van der Waals surface area contributed by atoms with Crippen molar-refractivity contribution in [1.29, 1.82) is 0 Å². The van der Waals surface area contributed by atoms with E-state index < -0.39 is 6.23 Å². The lowest BCUT2D eigenvalue weighted by Gasteiger charge is -2.34. The lowest BCUT2D eigenvalue weighted by atomic mass is 9.96. The van der Waals surface area contributed by atoms with Crippen molar-refractivity contribution >= 4 is 22.8 Å². The summed E-state index contributed by atoms with van der Waals surface area (Å²) >= 11 is 0. The van der Waals surface area contributed by atoms with Gasteiger partial charge in [-0.1, -0.05) is 0 Å². The molecule has 1 aromatic carbocycles. The van der Waals surface area contributed by atoms with Crippen LogP contribution in [0.25, 0.3) is 11.0 Å². The lowest BCUT2D eigenvalue weighted by molar-refractivity contribution is 0.116. The lowest BCUT2D eigenvalue weighted by Crippen LogP contribution is -2.42. The first kappa shape index (κ1) is 24.0. The van der Waals surface area contributed by atoms with Crippen LogP contribution in [-0.4, -0.2) is 59.7 Å². The molecule has 0 bridgehead atoms. The topological polar surface area (TPSA) is 115 Å². The summed E-state index contributed by atoms with van der Waals surface area (Å²) in [6.45, 7) is 3.48. The van der Waals surface area contributed by atoms with Gasteiger partial charge >= 0.3 is 6.09 Å². The van der Waals surface area contributed by atoms with Gasteiger partial charge in [0.25, 0.3) is 0 Å². The molecule has 5 rings (SSSR count). The van der Waals surface area contributed by atoms with E-state index in [9.17, 15) is 9.90 Å². The van der Waals surface area contributed by atoms with E-state index in [1.807, 2.05) is 55.3 Å². The van der Waals surface area contributed by atoms with Crippen molar-refractivity contribution in [2.75, 3.05) is 12.0 Å². The Morgan fingerprint density at radius 3 is 2.89 bits per heavy atom. The molecule has 11 heteroatoms. The maximum Gasteiger partial charge on any atom is 0.414 e. The number of nitrogens with zero attached hydrogens (tertiary/aromatic N) is 7. The first-order chi connectivity index (χ1) is 17.4. The number of anilines is 1. The van der Waals surface area contributed by atoms with Gasteiger partial charge in [0.15, 0.2) is 0 Å². The molecule has 0 saturated heterocycles. The molecule has 0 saturated carbocycles. The van der Waals surface area contributed by atoms with Crippen LogP contribution in [0.5, 0.6) is 0 Å². The summed E-state index contributed by atoms with van der Waals surface area (Å²) in [5.41, 5.74) is 4.52. The molecule has 4 heterocycles. The molecule has 3 aromatic heterocycles. The van der Waals surface area contributed by atoms with Gasteiger partial charge in [-0.15, -0.1) is 0 Å². The maximum atomic E-state index is 12.5. The summed E-state index contributed by atoms with van der Waals surface area (Å²) in [6, 6.07) is 7.81. The fourth-order valence-corrected chi connectivity index (χ4v) is 4.91. The molecular weight excluding hydrogens is 460 g/mol. The van der Waals surface area contributed by atoms with Crippen molar-refractivity contribution < 1.29 is 14.6 Å². The first-order valence-corrected chi connectivity index (χ1v) is 12.2. The average Bonchev–Trinajstić information content (AvgIpc) is 3.61. The van der Waals surface area contributed by atoms with Gasteiger partial charge in [0.05, 0.1) is 36.1 Å². The van der Waals surface area contributed by atoms with E-state index in [0.29, 0.717) is 26.1 Å². The van der Waals surface area contributed by atoms with Crippen LogP contribution in [0.1, 0.15) is 30.4 Å². The third kappa shape index (κ3) is 4.71. The van der Waals surface area contributed by atoms with Gasteiger partial charge in [-0.05, 0) is 44.0 Å². The fraction of sp³-hybridized carbons (Fsp3) is 0.440. The Kier molecular flexibility index (Phi) is 6.75. The quantitative estimate of drug-likeness (QED) is 0.363. The van der Waals surface area contributed by atoms with Crippen molar-refractivity contribution in [2.24, 2.45) is 7.05 Å². The van der Waals surface area contributed by atoms with E-state index >= 15 is 0 Å². The van der Waals surface area contributed by atoms with Gasteiger partial charge in [-0.3, -0.25) is 19.6 Å².